The molecule has 0 bridgehead atoms. The van der Waals surface area contributed by atoms with Crippen molar-refractivity contribution in [3.63, 3.8) is 0 Å². The smallest absolute Gasteiger partial charge is 0.188 e. The van der Waals surface area contributed by atoms with Gasteiger partial charge < -0.3 is 16.0 Å². The summed E-state index contributed by atoms with van der Waals surface area (Å²) in [6, 6.07) is 8.30. The molecule has 0 saturated carbocycles. The lowest BCUT2D eigenvalue weighted by molar-refractivity contribution is 0.664. The summed E-state index contributed by atoms with van der Waals surface area (Å²) in [7, 11) is 0. The fraction of sp³-hybridized carbons (Fsp3) is 0.462. The molecule has 6 heteroatoms. The van der Waals surface area contributed by atoms with Crippen LogP contribution in [0, 0.1) is 0 Å². The molecule has 1 aromatic rings. The molecule has 1 aliphatic rings. The number of anilines is 1. The zero-order valence-corrected chi connectivity index (χ0v) is 14.1. The van der Waals surface area contributed by atoms with Crippen molar-refractivity contribution in [2.45, 2.75) is 19.4 Å². The van der Waals surface area contributed by atoms with E-state index in [0.29, 0.717) is 18.5 Å². The van der Waals surface area contributed by atoms with E-state index in [1.165, 1.54) is 0 Å². The van der Waals surface area contributed by atoms with Crippen molar-refractivity contribution in [2.75, 3.05) is 24.5 Å². The minimum Gasteiger partial charge on any atom is -0.370 e. The Hall–Kier alpha value is -0.690. The van der Waals surface area contributed by atoms with Crippen molar-refractivity contribution in [3.05, 3.63) is 29.3 Å². The average Bonchev–Trinajstić information content (AvgIpc) is 2.78. The lowest BCUT2D eigenvalue weighted by Gasteiger charge is -2.19. The SMILES string of the molecule is CCN=C(N)NC1CCN(c2cccc(Cl)c2)C1.I. The maximum Gasteiger partial charge on any atom is 0.188 e. The quantitative estimate of drug-likeness (QED) is 0.470. The van der Waals surface area contributed by atoms with E-state index in [4.69, 9.17) is 17.3 Å². The molecule has 2 rings (SSSR count). The number of hydrogen-bond donors (Lipinski definition) is 2. The Bertz CT molecular complexity index is 438. The number of rotatable bonds is 3. The second kappa shape index (κ2) is 7.79. The Labute approximate surface area is 136 Å². The first kappa shape index (κ1) is 16.4. The molecule has 4 nitrogen and oxygen atoms in total. The number of nitrogens with one attached hydrogen (secondary N) is 1. The standard InChI is InChI=1S/C13H19ClN4.HI/c1-2-16-13(15)17-11-6-7-18(9-11)12-5-3-4-10(14)8-12;/h3-5,8,11H,2,6-7,9H2,1H3,(H3,15,16,17);1H. The van der Waals surface area contributed by atoms with Gasteiger partial charge in [0.25, 0.3) is 0 Å². The molecule has 1 aliphatic heterocycles. The van der Waals surface area contributed by atoms with Gasteiger partial charge in [-0.1, -0.05) is 17.7 Å². The molecule has 1 unspecified atom stereocenters. The normalized spacial score (nSPS) is 19.2. The highest BCUT2D eigenvalue weighted by molar-refractivity contribution is 14.0. The molecule has 1 heterocycles. The molecular weight excluding hydrogens is 375 g/mol. The van der Waals surface area contributed by atoms with Crippen LogP contribution in [0.1, 0.15) is 13.3 Å². The Morgan fingerprint density at radius 2 is 2.37 bits per heavy atom. The first-order valence-corrected chi connectivity index (χ1v) is 6.64. The molecule has 1 saturated heterocycles. The van der Waals surface area contributed by atoms with Crippen LogP contribution in [0.4, 0.5) is 5.69 Å². The van der Waals surface area contributed by atoms with Crippen molar-refractivity contribution in [1.29, 1.82) is 0 Å². The van der Waals surface area contributed by atoms with Gasteiger partial charge in [0.1, 0.15) is 0 Å². The number of hydrogen-bond acceptors (Lipinski definition) is 2. The van der Waals surface area contributed by atoms with Gasteiger partial charge in [-0.15, -0.1) is 24.0 Å². The summed E-state index contributed by atoms with van der Waals surface area (Å²) in [4.78, 5) is 6.45. The van der Waals surface area contributed by atoms with Crippen molar-refractivity contribution in [1.82, 2.24) is 5.32 Å². The van der Waals surface area contributed by atoms with Gasteiger partial charge in [-0.05, 0) is 31.5 Å². The van der Waals surface area contributed by atoms with E-state index in [1.54, 1.807) is 0 Å². The van der Waals surface area contributed by atoms with Crippen LogP contribution in [-0.2, 0) is 0 Å². The number of guanidine groups is 1. The van der Waals surface area contributed by atoms with Crippen molar-refractivity contribution in [3.8, 4) is 0 Å². The summed E-state index contributed by atoms with van der Waals surface area (Å²) in [6.07, 6.45) is 1.06. The zero-order valence-electron chi connectivity index (χ0n) is 11.0. The molecule has 1 fully saturated rings. The van der Waals surface area contributed by atoms with Crippen molar-refractivity contribution >= 4 is 47.2 Å². The molecule has 106 valence electrons. The van der Waals surface area contributed by atoms with E-state index in [1.807, 2.05) is 25.1 Å². The van der Waals surface area contributed by atoms with E-state index < -0.39 is 0 Å². The van der Waals surface area contributed by atoms with E-state index in [0.717, 1.165) is 30.2 Å². The van der Waals surface area contributed by atoms with Gasteiger partial charge >= 0.3 is 0 Å². The fourth-order valence-electron chi connectivity index (χ4n) is 2.21. The summed E-state index contributed by atoms with van der Waals surface area (Å²) in [5, 5.41) is 4.02. The highest BCUT2D eigenvalue weighted by atomic mass is 127. The Morgan fingerprint density at radius 1 is 1.58 bits per heavy atom. The number of nitrogens with two attached hydrogens (primary N) is 1. The van der Waals surface area contributed by atoms with Crippen LogP contribution < -0.4 is 16.0 Å². The molecule has 0 amide bonds. The molecule has 0 aliphatic carbocycles. The van der Waals surface area contributed by atoms with Gasteiger partial charge in [0, 0.05) is 36.4 Å². The number of halogens is 2. The van der Waals surface area contributed by atoms with Gasteiger partial charge in [-0.25, -0.2) is 0 Å². The van der Waals surface area contributed by atoms with Crippen LogP contribution in [0.2, 0.25) is 5.02 Å². The van der Waals surface area contributed by atoms with E-state index >= 15 is 0 Å². The lowest BCUT2D eigenvalue weighted by Crippen LogP contribution is -2.41. The average molecular weight is 395 g/mol. The monoisotopic (exact) mass is 394 g/mol. The second-order valence-electron chi connectivity index (χ2n) is 4.42. The van der Waals surface area contributed by atoms with Gasteiger partial charge in [-0.3, -0.25) is 4.99 Å². The van der Waals surface area contributed by atoms with E-state index in [-0.39, 0.29) is 24.0 Å². The predicted molar refractivity (Wildman–Crippen MR) is 92.8 cm³/mol. The third kappa shape index (κ3) is 4.72. The van der Waals surface area contributed by atoms with Crippen LogP contribution in [0.25, 0.3) is 0 Å². The van der Waals surface area contributed by atoms with Crippen LogP contribution in [0.15, 0.2) is 29.3 Å². The van der Waals surface area contributed by atoms with Gasteiger partial charge in [0.15, 0.2) is 5.96 Å². The molecule has 3 N–H and O–H groups in total. The van der Waals surface area contributed by atoms with E-state index in [2.05, 4.69) is 21.3 Å². The van der Waals surface area contributed by atoms with Crippen LogP contribution in [0.3, 0.4) is 0 Å². The van der Waals surface area contributed by atoms with Crippen molar-refractivity contribution in [2.24, 2.45) is 10.7 Å². The van der Waals surface area contributed by atoms with Crippen LogP contribution in [-0.4, -0.2) is 31.6 Å². The Morgan fingerprint density at radius 3 is 3.05 bits per heavy atom. The largest absolute Gasteiger partial charge is 0.370 e. The molecule has 1 aromatic carbocycles. The second-order valence-corrected chi connectivity index (χ2v) is 4.85. The molecule has 0 aromatic heterocycles. The topological polar surface area (TPSA) is 53.6 Å². The third-order valence-electron chi connectivity index (χ3n) is 3.04. The maximum absolute atomic E-state index is 6.00. The Kier molecular flexibility index (Phi) is 6.71. The molecule has 19 heavy (non-hydrogen) atoms. The predicted octanol–water partition coefficient (Wildman–Crippen LogP) is 2.46. The van der Waals surface area contributed by atoms with Crippen molar-refractivity contribution < 1.29 is 0 Å². The number of benzene rings is 1. The van der Waals surface area contributed by atoms with Crippen LogP contribution >= 0.6 is 35.6 Å². The first-order chi connectivity index (χ1) is 8.69. The summed E-state index contributed by atoms with van der Waals surface area (Å²) in [6.45, 7) is 4.63. The molecule has 1 atom stereocenters. The van der Waals surface area contributed by atoms with Gasteiger partial charge in [0.2, 0.25) is 0 Å². The molecular formula is C13H20ClIN4. The third-order valence-corrected chi connectivity index (χ3v) is 3.28. The number of aliphatic imine (C=N–C) groups is 1. The molecule has 0 spiro atoms. The summed E-state index contributed by atoms with van der Waals surface area (Å²) < 4.78 is 0. The first-order valence-electron chi connectivity index (χ1n) is 6.26. The lowest BCUT2D eigenvalue weighted by atomic mass is 10.3. The fourth-order valence-corrected chi connectivity index (χ4v) is 2.40. The summed E-state index contributed by atoms with van der Waals surface area (Å²) >= 11 is 6.00. The van der Waals surface area contributed by atoms with Gasteiger partial charge in [-0.2, -0.15) is 0 Å². The maximum atomic E-state index is 6.00. The summed E-state index contributed by atoms with van der Waals surface area (Å²) in [5.41, 5.74) is 6.94. The highest BCUT2D eigenvalue weighted by Crippen LogP contribution is 2.23. The number of nitrogens with zero attached hydrogens (tertiary/aromatic N) is 2. The minimum absolute atomic E-state index is 0. The molecule has 0 radical (unpaired) electrons. The minimum atomic E-state index is 0. The van der Waals surface area contributed by atoms with E-state index in [9.17, 15) is 0 Å². The highest BCUT2D eigenvalue weighted by Gasteiger charge is 2.22. The zero-order chi connectivity index (χ0) is 13.0. The summed E-state index contributed by atoms with van der Waals surface area (Å²) in [5.74, 6) is 0.537. The van der Waals surface area contributed by atoms with Gasteiger partial charge in [0.05, 0.1) is 0 Å². The Balaban J connectivity index is 0.00000180. The van der Waals surface area contributed by atoms with Crippen LogP contribution in [0.5, 0.6) is 0 Å².